The second-order valence-electron chi connectivity index (χ2n) is 7.09. The molecule has 0 unspecified atom stereocenters. The van der Waals surface area contributed by atoms with Crippen molar-refractivity contribution in [2.24, 2.45) is 11.3 Å². The number of alkyl halides is 2. The number of esters is 1. The lowest BCUT2D eigenvalue weighted by atomic mass is 10.1. The molecule has 0 saturated heterocycles. The maximum atomic E-state index is 14.7. The van der Waals surface area contributed by atoms with Gasteiger partial charge in [0.1, 0.15) is 6.61 Å². The molecule has 3 rings (SSSR count). The molecule has 1 aliphatic carbocycles. The Bertz CT molecular complexity index is 719. The normalized spacial score (nSPS) is 19.2. The van der Waals surface area contributed by atoms with Crippen LogP contribution >= 0.6 is 0 Å². The number of ether oxygens (including phenoxy) is 3. The molecule has 0 radical (unpaired) electrons. The van der Waals surface area contributed by atoms with Crippen molar-refractivity contribution < 1.29 is 27.8 Å². The molecule has 150 valence electrons. The SMILES string of the molecule is CC(=O)OC[C@@H]1C(F)(F)C1(COCc1ccccc1)COCc1ccccc1. The van der Waals surface area contributed by atoms with Crippen LogP contribution in [0.15, 0.2) is 60.7 Å². The van der Waals surface area contributed by atoms with Gasteiger partial charge in [-0.1, -0.05) is 60.7 Å². The number of rotatable bonds is 10. The van der Waals surface area contributed by atoms with Crippen LogP contribution in [0.5, 0.6) is 0 Å². The molecule has 28 heavy (non-hydrogen) atoms. The minimum Gasteiger partial charge on any atom is -0.465 e. The predicted octanol–water partition coefficient (Wildman–Crippen LogP) is 4.23. The lowest BCUT2D eigenvalue weighted by molar-refractivity contribution is -0.142. The topological polar surface area (TPSA) is 44.8 Å². The fourth-order valence-corrected chi connectivity index (χ4v) is 3.34. The van der Waals surface area contributed by atoms with E-state index < -0.39 is 23.2 Å². The summed E-state index contributed by atoms with van der Waals surface area (Å²) >= 11 is 0. The van der Waals surface area contributed by atoms with Crippen molar-refractivity contribution in [3.05, 3.63) is 71.8 Å². The van der Waals surface area contributed by atoms with Gasteiger partial charge in [-0.2, -0.15) is 0 Å². The molecule has 0 N–H and O–H groups in total. The molecular formula is C22H24F2O4. The van der Waals surface area contributed by atoms with E-state index in [9.17, 15) is 13.6 Å². The van der Waals surface area contributed by atoms with Gasteiger partial charge in [0.15, 0.2) is 0 Å². The molecule has 0 aromatic heterocycles. The van der Waals surface area contributed by atoms with E-state index in [1.165, 1.54) is 6.92 Å². The zero-order chi connectivity index (χ0) is 20.0. The standard InChI is InChI=1S/C22H24F2O4/c1-17(25)28-14-20-21(22(20,23)24,15-26-12-18-8-4-2-5-9-18)16-27-13-19-10-6-3-7-11-19/h2-11,20H,12-16H2,1H3/t20-/m0/s1. The predicted molar refractivity (Wildman–Crippen MR) is 99.7 cm³/mol. The van der Waals surface area contributed by atoms with Crippen LogP contribution in [0.1, 0.15) is 18.1 Å². The van der Waals surface area contributed by atoms with Crippen LogP contribution in [0, 0.1) is 11.3 Å². The Morgan fingerprint density at radius 1 is 0.893 bits per heavy atom. The van der Waals surface area contributed by atoms with Gasteiger partial charge in [-0.25, -0.2) is 8.78 Å². The van der Waals surface area contributed by atoms with Crippen LogP contribution in [-0.2, 0) is 32.2 Å². The fraction of sp³-hybridized carbons (Fsp3) is 0.409. The van der Waals surface area contributed by atoms with E-state index in [-0.39, 0.29) is 33.0 Å². The maximum absolute atomic E-state index is 14.7. The average Bonchev–Trinajstić information content (AvgIpc) is 3.15. The molecule has 0 bridgehead atoms. The van der Waals surface area contributed by atoms with Gasteiger partial charge in [-0.3, -0.25) is 4.79 Å². The minimum absolute atomic E-state index is 0.171. The van der Waals surface area contributed by atoms with Crippen molar-refractivity contribution in [3.63, 3.8) is 0 Å². The molecule has 4 nitrogen and oxygen atoms in total. The van der Waals surface area contributed by atoms with Crippen molar-refractivity contribution in [2.75, 3.05) is 19.8 Å². The first kappa shape index (κ1) is 20.4. The molecule has 1 saturated carbocycles. The van der Waals surface area contributed by atoms with Gasteiger partial charge in [0, 0.05) is 6.92 Å². The summed E-state index contributed by atoms with van der Waals surface area (Å²) in [5.41, 5.74) is 0.318. The van der Waals surface area contributed by atoms with Gasteiger partial charge in [0.25, 0.3) is 5.92 Å². The zero-order valence-electron chi connectivity index (χ0n) is 15.8. The number of carbonyl (C=O) groups is 1. The van der Waals surface area contributed by atoms with Crippen LogP contribution in [0.2, 0.25) is 0 Å². The Balaban J connectivity index is 1.62. The van der Waals surface area contributed by atoms with Gasteiger partial charge >= 0.3 is 5.97 Å². The summed E-state index contributed by atoms with van der Waals surface area (Å²) < 4.78 is 45.4. The van der Waals surface area contributed by atoms with E-state index in [4.69, 9.17) is 14.2 Å². The van der Waals surface area contributed by atoms with Crippen LogP contribution in [-0.4, -0.2) is 31.7 Å². The quantitative estimate of drug-likeness (QED) is 0.570. The minimum atomic E-state index is -3.02. The lowest BCUT2D eigenvalue weighted by Gasteiger charge is -2.18. The summed E-state index contributed by atoms with van der Waals surface area (Å²) in [6.07, 6.45) is 0. The molecule has 1 aliphatic rings. The second-order valence-corrected chi connectivity index (χ2v) is 7.09. The molecule has 0 aliphatic heterocycles. The molecule has 1 fully saturated rings. The first-order valence-electron chi connectivity index (χ1n) is 9.20. The third-order valence-electron chi connectivity index (χ3n) is 5.08. The van der Waals surface area contributed by atoms with Crippen LogP contribution in [0.25, 0.3) is 0 Å². The molecule has 0 spiro atoms. The Labute approximate surface area is 163 Å². The molecular weight excluding hydrogens is 366 g/mol. The van der Waals surface area contributed by atoms with Crippen LogP contribution in [0.3, 0.4) is 0 Å². The summed E-state index contributed by atoms with van der Waals surface area (Å²) in [6, 6.07) is 18.7. The first-order chi connectivity index (χ1) is 13.5. The monoisotopic (exact) mass is 390 g/mol. The van der Waals surface area contributed by atoms with Crippen molar-refractivity contribution >= 4 is 5.97 Å². The molecule has 0 heterocycles. The summed E-state index contributed by atoms with van der Waals surface area (Å²) in [4.78, 5) is 11.1. The highest BCUT2D eigenvalue weighted by Crippen LogP contribution is 2.66. The molecule has 2 aromatic carbocycles. The molecule has 6 heteroatoms. The van der Waals surface area contributed by atoms with E-state index in [1.807, 2.05) is 60.7 Å². The highest BCUT2D eigenvalue weighted by atomic mass is 19.3. The number of hydrogen-bond donors (Lipinski definition) is 0. The smallest absolute Gasteiger partial charge is 0.302 e. The zero-order valence-corrected chi connectivity index (χ0v) is 15.8. The van der Waals surface area contributed by atoms with Crippen molar-refractivity contribution in [3.8, 4) is 0 Å². The van der Waals surface area contributed by atoms with Crippen molar-refractivity contribution in [1.29, 1.82) is 0 Å². The summed E-state index contributed by atoms with van der Waals surface area (Å²) in [7, 11) is 0. The van der Waals surface area contributed by atoms with Gasteiger partial charge in [0.05, 0.1) is 37.8 Å². The summed E-state index contributed by atoms with van der Waals surface area (Å²) in [5, 5.41) is 0. The fourth-order valence-electron chi connectivity index (χ4n) is 3.34. The van der Waals surface area contributed by atoms with E-state index in [0.717, 1.165) is 11.1 Å². The van der Waals surface area contributed by atoms with E-state index >= 15 is 0 Å². The highest BCUT2D eigenvalue weighted by molar-refractivity contribution is 5.66. The number of halogens is 2. The van der Waals surface area contributed by atoms with Crippen molar-refractivity contribution in [2.45, 2.75) is 26.1 Å². The number of benzene rings is 2. The van der Waals surface area contributed by atoms with Gasteiger partial charge in [-0.15, -0.1) is 0 Å². The summed E-state index contributed by atoms with van der Waals surface area (Å²) in [6.45, 7) is 0.992. The Kier molecular flexibility index (Phi) is 6.42. The van der Waals surface area contributed by atoms with Gasteiger partial charge < -0.3 is 14.2 Å². The average molecular weight is 390 g/mol. The van der Waals surface area contributed by atoms with Crippen molar-refractivity contribution in [1.82, 2.24) is 0 Å². The summed E-state index contributed by atoms with van der Waals surface area (Å²) in [5.74, 6) is -4.71. The van der Waals surface area contributed by atoms with Gasteiger partial charge in [-0.05, 0) is 11.1 Å². The lowest BCUT2D eigenvalue weighted by Crippen LogP contribution is -2.25. The number of carbonyl (C=O) groups excluding carboxylic acids is 1. The number of hydrogen-bond acceptors (Lipinski definition) is 4. The van der Waals surface area contributed by atoms with Crippen LogP contribution < -0.4 is 0 Å². The second kappa shape index (κ2) is 8.80. The first-order valence-corrected chi connectivity index (χ1v) is 9.20. The Hall–Kier alpha value is -2.31. The molecule has 0 amide bonds. The van der Waals surface area contributed by atoms with Gasteiger partial charge in [0.2, 0.25) is 0 Å². The Morgan fingerprint density at radius 2 is 1.36 bits per heavy atom. The molecule has 1 atom stereocenters. The van der Waals surface area contributed by atoms with E-state index in [1.54, 1.807) is 0 Å². The highest BCUT2D eigenvalue weighted by Gasteiger charge is 2.81. The maximum Gasteiger partial charge on any atom is 0.302 e. The largest absolute Gasteiger partial charge is 0.465 e. The molecule has 2 aromatic rings. The third kappa shape index (κ3) is 4.56. The van der Waals surface area contributed by atoms with Crippen LogP contribution in [0.4, 0.5) is 8.78 Å². The van der Waals surface area contributed by atoms with E-state index in [0.29, 0.717) is 0 Å². The third-order valence-corrected chi connectivity index (χ3v) is 5.08. The Morgan fingerprint density at radius 3 is 1.79 bits per heavy atom. The van der Waals surface area contributed by atoms with E-state index in [2.05, 4.69) is 0 Å².